The fourth-order valence-electron chi connectivity index (χ4n) is 2.89. The number of anilines is 1. The van der Waals surface area contributed by atoms with Crippen LogP contribution in [-0.4, -0.2) is 29.1 Å². The van der Waals surface area contributed by atoms with Gasteiger partial charge in [0.05, 0.1) is 23.0 Å². The highest BCUT2D eigenvalue weighted by atomic mass is 32.1. The highest BCUT2D eigenvalue weighted by Gasteiger charge is 2.15. The summed E-state index contributed by atoms with van der Waals surface area (Å²) in [5, 5.41) is 2.86. The van der Waals surface area contributed by atoms with Gasteiger partial charge >= 0.3 is 0 Å². The van der Waals surface area contributed by atoms with Crippen molar-refractivity contribution in [2.75, 3.05) is 18.5 Å². The molecular weight excluding hydrogens is 374 g/mol. The minimum absolute atomic E-state index is 0.172. The first-order chi connectivity index (χ1) is 13.6. The Morgan fingerprint density at radius 1 is 1.11 bits per heavy atom. The standard InChI is InChI=1S/C21H21N3O3S/c1-13(2)9-20-22-11-15(12-23-20)24-21(25)19-6-5-18(28-19)14-3-4-16-17(10-14)27-8-7-26-16/h3-6,10-13H,7-9H2,1-2H3,(H,24,25). The van der Waals surface area contributed by atoms with Crippen molar-refractivity contribution in [3.05, 3.63) is 53.4 Å². The first-order valence-corrected chi connectivity index (χ1v) is 10.0. The van der Waals surface area contributed by atoms with E-state index < -0.39 is 0 Å². The normalized spacial score (nSPS) is 12.8. The monoisotopic (exact) mass is 395 g/mol. The van der Waals surface area contributed by atoms with E-state index in [1.54, 1.807) is 12.4 Å². The molecule has 144 valence electrons. The minimum atomic E-state index is -0.172. The van der Waals surface area contributed by atoms with Crippen LogP contribution in [0.5, 0.6) is 11.5 Å². The molecule has 3 aromatic rings. The lowest BCUT2D eigenvalue weighted by molar-refractivity contribution is 0.103. The Labute approximate surface area is 167 Å². The number of hydrogen-bond acceptors (Lipinski definition) is 6. The van der Waals surface area contributed by atoms with E-state index in [2.05, 4.69) is 29.1 Å². The Morgan fingerprint density at radius 2 is 1.86 bits per heavy atom. The van der Waals surface area contributed by atoms with Crippen LogP contribution in [0.25, 0.3) is 10.4 Å². The number of rotatable bonds is 5. The first kappa shape index (κ1) is 18.4. The average Bonchev–Trinajstić information content (AvgIpc) is 3.19. The molecule has 1 amide bonds. The average molecular weight is 395 g/mol. The third-order valence-electron chi connectivity index (χ3n) is 4.21. The number of benzene rings is 1. The molecule has 3 heterocycles. The second kappa shape index (κ2) is 7.98. The van der Waals surface area contributed by atoms with Gasteiger partial charge in [-0.2, -0.15) is 0 Å². The van der Waals surface area contributed by atoms with Gasteiger partial charge in [0.15, 0.2) is 11.5 Å². The van der Waals surface area contributed by atoms with Crippen LogP contribution >= 0.6 is 11.3 Å². The molecular formula is C21H21N3O3S. The van der Waals surface area contributed by atoms with Crippen LogP contribution < -0.4 is 14.8 Å². The van der Waals surface area contributed by atoms with Crippen molar-refractivity contribution in [1.82, 2.24) is 9.97 Å². The minimum Gasteiger partial charge on any atom is -0.486 e. The highest BCUT2D eigenvalue weighted by Crippen LogP contribution is 2.37. The summed E-state index contributed by atoms with van der Waals surface area (Å²) in [5.41, 5.74) is 1.58. The van der Waals surface area contributed by atoms with Crippen molar-refractivity contribution in [1.29, 1.82) is 0 Å². The molecule has 0 atom stereocenters. The number of aromatic nitrogens is 2. The zero-order chi connectivity index (χ0) is 19.5. The van der Waals surface area contributed by atoms with Crippen molar-refractivity contribution in [2.24, 2.45) is 5.92 Å². The van der Waals surface area contributed by atoms with Gasteiger partial charge in [0, 0.05) is 11.3 Å². The quantitative estimate of drug-likeness (QED) is 0.692. The van der Waals surface area contributed by atoms with Crippen LogP contribution in [0.1, 0.15) is 29.3 Å². The summed E-state index contributed by atoms with van der Waals surface area (Å²) in [6, 6.07) is 9.58. The fraction of sp³-hybridized carbons (Fsp3) is 0.286. The Bertz CT molecular complexity index is 983. The summed E-state index contributed by atoms with van der Waals surface area (Å²) in [6.07, 6.45) is 4.12. The van der Waals surface area contributed by atoms with Gasteiger partial charge in [-0.15, -0.1) is 11.3 Å². The maximum absolute atomic E-state index is 12.6. The molecule has 28 heavy (non-hydrogen) atoms. The molecule has 0 saturated carbocycles. The number of nitrogens with one attached hydrogen (secondary N) is 1. The van der Waals surface area contributed by atoms with Gasteiger partial charge in [-0.05, 0) is 41.8 Å². The number of nitrogens with zero attached hydrogens (tertiary/aromatic N) is 2. The number of hydrogen-bond donors (Lipinski definition) is 1. The second-order valence-corrected chi connectivity index (χ2v) is 8.05. The van der Waals surface area contributed by atoms with Gasteiger partial charge < -0.3 is 14.8 Å². The van der Waals surface area contributed by atoms with E-state index in [4.69, 9.17) is 9.47 Å². The zero-order valence-corrected chi connectivity index (χ0v) is 16.6. The van der Waals surface area contributed by atoms with Gasteiger partial charge in [-0.25, -0.2) is 9.97 Å². The van der Waals surface area contributed by atoms with Crippen molar-refractivity contribution in [3.8, 4) is 21.9 Å². The highest BCUT2D eigenvalue weighted by molar-refractivity contribution is 7.17. The number of carbonyl (C=O) groups is 1. The van der Waals surface area contributed by atoms with E-state index in [1.807, 2.05) is 30.3 Å². The molecule has 0 bridgehead atoms. The molecule has 0 unspecified atom stereocenters. The molecule has 6 nitrogen and oxygen atoms in total. The van der Waals surface area contributed by atoms with E-state index >= 15 is 0 Å². The Hall–Kier alpha value is -2.93. The van der Waals surface area contributed by atoms with Crippen LogP contribution in [0.4, 0.5) is 5.69 Å². The Balaban J connectivity index is 1.46. The van der Waals surface area contributed by atoms with Gasteiger partial charge in [-0.3, -0.25) is 4.79 Å². The van der Waals surface area contributed by atoms with Crippen LogP contribution in [0, 0.1) is 5.92 Å². The lowest BCUT2D eigenvalue weighted by atomic mass is 10.1. The van der Waals surface area contributed by atoms with Crippen molar-refractivity contribution in [3.63, 3.8) is 0 Å². The molecule has 0 saturated heterocycles. The third kappa shape index (κ3) is 4.14. The predicted molar refractivity (Wildman–Crippen MR) is 109 cm³/mol. The summed E-state index contributed by atoms with van der Waals surface area (Å²) < 4.78 is 11.2. The van der Waals surface area contributed by atoms with Gasteiger partial charge in [0.2, 0.25) is 0 Å². The van der Waals surface area contributed by atoms with Gasteiger partial charge in [-0.1, -0.05) is 13.8 Å². The molecule has 0 fully saturated rings. The molecule has 1 aliphatic rings. The Morgan fingerprint density at radius 3 is 2.61 bits per heavy atom. The van der Waals surface area contributed by atoms with Crippen LogP contribution in [0.15, 0.2) is 42.7 Å². The summed E-state index contributed by atoms with van der Waals surface area (Å²) in [7, 11) is 0. The molecule has 1 aromatic carbocycles. The maximum Gasteiger partial charge on any atom is 0.265 e. The number of ether oxygens (including phenoxy) is 2. The molecule has 0 spiro atoms. The van der Waals surface area contributed by atoms with E-state index in [-0.39, 0.29) is 5.91 Å². The van der Waals surface area contributed by atoms with Crippen LogP contribution in [0.2, 0.25) is 0 Å². The topological polar surface area (TPSA) is 73.3 Å². The molecule has 4 rings (SSSR count). The van der Waals surface area contributed by atoms with Gasteiger partial charge in [0.25, 0.3) is 5.91 Å². The van der Waals surface area contributed by atoms with Crippen LogP contribution in [0.3, 0.4) is 0 Å². The van der Waals surface area contributed by atoms with Gasteiger partial charge in [0.1, 0.15) is 19.0 Å². The summed E-state index contributed by atoms with van der Waals surface area (Å²) in [6.45, 7) is 5.36. The first-order valence-electron chi connectivity index (χ1n) is 9.20. The predicted octanol–water partition coefficient (Wildman–Crippen LogP) is 4.43. The second-order valence-electron chi connectivity index (χ2n) is 6.96. The molecule has 2 aromatic heterocycles. The van der Waals surface area contributed by atoms with E-state index in [1.165, 1.54) is 11.3 Å². The number of thiophene rings is 1. The number of fused-ring (bicyclic) bond motifs is 1. The van der Waals surface area contributed by atoms with Crippen molar-refractivity contribution in [2.45, 2.75) is 20.3 Å². The molecule has 1 N–H and O–H groups in total. The van der Waals surface area contributed by atoms with E-state index in [0.29, 0.717) is 29.7 Å². The summed E-state index contributed by atoms with van der Waals surface area (Å²) in [4.78, 5) is 22.8. The Kier molecular flexibility index (Phi) is 5.25. The van der Waals surface area contributed by atoms with Crippen molar-refractivity contribution >= 4 is 22.9 Å². The smallest absolute Gasteiger partial charge is 0.265 e. The van der Waals surface area contributed by atoms with E-state index in [9.17, 15) is 4.79 Å². The number of carbonyl (C=O) groups excluding carboxylic acids is 1. The van der Waals surface area contributed by atoms with E-state index in [0.717, 1.165) is 34.2 Å². The molecule has 0 radical (unpaired) electrons. The van der Waals surface area contributed by atoms with Crippen LogP contribution in [-0.2, 0) is 6.42 Å². The summed E-state index contributed by atoms with van der Waals surface area (Å²) >= 11 is 1.43. The SMILES string of the molecule is CC(C)Cc1ncc(NC(=O)c2ccc(-c3ccc4c(c3)OCCO4)s2)cn1. The lowest BCUT2D eigenvalue weighted by Crippen LogP contribution is -2.15. The maximum atomic E-state index is 12.6. The molecule has 1 aliphatic heterocycles. The van der Waals surface area contributed by atoms with Crippen molar-refractivity contribution < 1.29 is 14.3 Å². The zero-order valence-electron chi connectivity index (χ0n) is 15.8. The number of amides is 1. The molecule has 0 aliphatic carbocycles. The summed E-state index contributed by atoms with van der Waals surface area (Å²) in [5.74, 6) is 2.59. The third-order valence-corrected chi connectivity index (χ3v) is 5.34. The lowest BCUT2D eigenvalue weighted by Gasteiger charge is -2.18. The molecule has 7 heteroatoms. The largest absolute Gasteiger partial charge is 0.486 e. The fourth-order valence-corrected chi connectivity index (χ4v) is 3.79.